The molecule has 0 aliphatic rings. The molecule has 18 heavy (non-hydrogen) atoms. The second-order valence-corrected chi connectivity index (χ2v) is 5.85. The molecular formula is C15H28BrN2+. The number of unbranched alkanes of at least 4 members (excludes halogenated alkanes) is 6. The van der Waals surface area contributed by atoms with Gasteiger partial charge in [-0.2, -0.15) is 0 Å². The fourth-order valence-electron chi connectivity index (χ4n) is 2.17. The lowest BCUT2D eigenvalue weighted by Crippen LogP contribution is -2.30. The van der Waals surface area contributed by atoms with Gasteiger partial charge < -0.3 is 0 Å². The first-order valence-corrected chi connectivity index (χ1v) is 8.59. The van der Waals surface area contributed by atoms with Crippen LogP contribution in [0, 0.1) is 0 Å². The van der Waals surface area contributed by atoms with Gasteiger partial charge in [-0.1, -0.05) is 48.5 Å². The molecule has 1 rings (SSSR count). The Balaban J connectivity index is 2.07. The lowest BCUT2D eigenvalue weighted by atomic mass is 10.1. The van der Waals surface area contributed by atoms with Gasteiger partial charge in [0.25, 0.3) is 0 Å². The maximum Gasteiger partial charge on any atom is 0.243 e. The highest BCUT2D eigenvalue weighted by molar-refractivity contribution is 9.09. The first-order valence-electron chi connectivity index (χ1n) is 7.47. The number of halogens is 1. The summed E-state index contributed by atoms with van der Waals surface area (Å²) in [6, 6.07) is 0. The highest BCUT2D eigenvalue weighted by atomic mass is 79.9. The van der Waals surface area contributed by atoms with Crippen LogP contribution < -0.4 is 4.57 Å². The molecule has 0 radical (unpaired) electrons. The number of aryl methyl sites for hydroxylation is 2. The highest BCUT2D eigenvalue weighted by Gasteiger charge is 2.02. The first kappa shape index (κ1) is 15.7. The summed E-state index contributed by atoms with van der Waals surface area (Å²) >= 11 is 3.47. The van der Waals surface area contributed by atoms with Crippen molar-refractivity contribution in [3.8, 4) is 0 Å². The third-order valence-corrected chi connectivity index (χ3v) is 3.88. The minimum absolute atomic E-state index is 1.12. The van der Waals surface area contributed by atoms with Crippen LogP contribution in [0.1, 0.15) is 58.3 Å². The lowest BCUT2D eigenvalue weighted by Gasteiger charge is -1.98. The van der Waals surface area contributed by atoms with Crippen LogP contribution in [0.15, 0.2) is 18.7 Å². The molecule has 1 aromatic heterocycles. The zero-order valence-electron chi connectivity index (χ0n) is 11.8. The molecule has 0 unspecified atom stereocenters. The number of imidazole rings is 1. The number of hydrogen-bond donors (Lipinski definition) is 0. The van der Waals surface area contributed by atoms with Gasteiger partial charge in [-0.05, 0) is 25.7 Å². The van der Waals surface area contributed by atoms with E-state index in [0.717, 1.165) is 11.9 Å². The van der Waals surface area contributed by atoms with Gasteiger partial charge in [0.2, 0.25) is 6.33 Å². The molecule has 1 heterocycles. The summed E-state index contributed by atoms with van der Waals surface area (Å²) in [6.45, 7) is 4.60. The smallest absolute Gasteiger partial charge is 0.237 e. The van der Waals surface area contributed by atoms with E-state index in [-0.39, 0.29) is 0 Å². The molecule has 0 fully saturated rings. The van der Waals surface area contributed by atoms with Crippen molar-refractivity contribution in [3.05, 3.63) is 18.7 Å². The van der Waals surface area contributed by atoms with Gasteiger partial charge in [0, 0.05) is 5.33 Å². The highest BCUT2D eigenvalue weighted by Crippen LogP contribution is 2.04. The van der Waals surface area contributed by atoms with E-state index in [4.69, 9.17) is 0 Å². The molecule has 0 bridgehead atoms. The summed E-state index contributed by atoms with van der Waals surface area (Å²) in [5, 5.41) is 1.12. The molecule has 0 N–H and O–H groups in total. The average molecular weight is 316 g/mol. The molecule has 0 aliphatic carbocycles. The van der Waals surface area contributed by atoms with E-state index in [2.05, 4.69) is 50.7 Å². The van der Waals surface area contributed by atoms with E-state index in [9.17, 15) is 0 Å². The molecule has 3 heteroatoms. The number of nitrogens with zero attached hydrogens (tertiary/aromatic N) is 2. The predicted molar refractivity (Wildman–Crippen MR) is 81.0 cm³/mol. The fraction of sp³-hybridized carbons (Fsp3) is 0.800. The Morgan fingerprint density at radius 1 is 1.00 bits per heavy atom. The molecule has 0 saturated heterocycles. The zero-order valence-corrected chi connectivity index (χ0v) is 13.4. The molecule has 104 valence electrons. The van der Waals surface area contributed by atoms with Gasteiger partial charge >= 0.3 is 0 Å². The standard InChI is InChI=1S/C15H28BrN2/c1-2-3-4-5-6-8-11-17-13-14-18(15-17)12-9-7-10-16/h13-15H,2-12H2,1H3/q+1. The van der Waals surface area contributed by atoms with Crippen LogP contribution in [0.2, 0.25) is 0 Å². The lowest BCUT2D eigenvalue weighted by molar-refractivity contribution is -0.696. The van der Waals surface area contributed by atoms with Crippen LogP contribution in [0.3, 0.4) is 0 Å². The van der Waals surface area contributed by atoms with E-state index in [1.54, 1.807) is 0 Å². The SMILES string of the molecule is CCCCCCCC[n+]1ccn(CCCCBr)c1. The number of hydrogen-bond acceptors (Lipinski definition) is 0. The number of aromatic nitrogens is 2. The second kappa shape index (κ2) is 10.6. The largest absolute Gasteiger partial charge is 0.243 e. The van der Waals surface area contributed by atoms with Crippen molar-refractivity contribution >= 4 is 15.9 Å². The summed E-state index contributed by atoms with van der Waals surface area (Å²) in [4.78, 5) is 0. The van der Waals surface area contributed by atoms with Crippen molar-refractivity contribution < 1.29 is 4.57 Å². The third-order valence-electron chi connectivity index (χ3n) is 3.32. The van der Waals surface area contributed by atoms with Crippen molar-refractivity contribution in [2.45, 2.75) is 71.4 Å². The van der Waals surface area contributed by atoms with Crippen molar-refractivity contribution in [1.82, 2.24) is 4.57 Å². The van der Waals surface area contributed by atoms with E-state index >= 15 is 0 Å². The van der Waals surface area contributed by atoms with Gasteiger partial charge in [0.1, 0.15) is 12.4 Å². The van der Waals surface area contributed by atoms with Crippen LogP contribution in [-0.2, 0) is 13.1 Å². The topological polar surface area (TPSA) is 8.81 Å². The Morgan fingerprint density at radius 3 is 2.56 bits per heavy atom. The van der Waals surface area contributed by atoms with E-state index in [1.807, 2.05) is 0 Å². The van der Waals surface area contributed by atoms with Crippen LogP contribution in [-0.4, -0.2) is 9.90 Å². The normalized spacial score (nSPS) is 11.0. The van der Waals surface area contributed by atoms with Gasteiger partial charge in [-0.25, -0.2) is 9.13 Å². The quantitative estimate of drug-likeness (QED) is 0.327. The summed E-state index contributed by atoms with van der Waals surface area (Å²) < 4.78 is 4.63. The summed E-state index contributed by atoms with van der Waals surface area (Å²) in [6.07, 6.45) is 17.4. The molecular weight excluding hydrogens is 288 g/mol. The minimum Gasteiger partial charge on any atom is -0.237 e. The van der Waals surface area contributed by atoms with E-state index < -0.39 is 0 Å². The predicted octanol–water partition coefficient (Wildman–Crippen LogP) is 4.31. The molecule has 0 spiro atoms. The summed E-state index contributed by atoms with van der Waals surface area (Å²) in [5.41, 5.74) is 0. The first-order chi connectivity index (χ1) is 8.86. The Morgan fingerprint density at radius 2 is 1.78 bits per heavy atom. The Labute approximate surface area is 121 Å². The molecule has 0 aromatic carbocycles. The Kier molecular flexibility index (Phi) is 9.27. The third kappa shape index (κ3) is 7.20. The molecule has 2 nitrogen and oxygen atoms in total. The summed E-state index contributed by atoms with van der Waals surface area (Å²) in [5.74, 6) is 0. The Hall–Kier alpha value is -0.310. The molecule has 1 aromatic rings. The molecule has 0 atom stereocenters. The van der Waals surface area contributed by atoms with Crippen LogP contribution in [0.4, 0.5) is 0 Å². The van der Waals surface area contributed by atoms with E-state index in [0.29, 0.717) is 0 Å². The molecule has 0 aliphatic heterocycles. The summed E-state index contributed by atoms with van der Waals surface area (Å²) in [7, 11) is 0. The van der Waals surface area contributed by atoms with Crippen LogP contribution in [0.25, 0.3) is 0 Å². The fourth-order valence-corrected chi connectivity index (χ4v) is 2.56. The minimum atomic E-state index is 1.12. The zero-order chi connectivity index (χ0) is 13.1. The van der Waals surface area contributed by atoms with Crippen molar-refractivity contribution in [2.24, 2.45) is 0 Å². The van der Waals surface area contributed by atoms with Gasteiger partial charge in [-0.3, -0.25) is 0 Å². The maximum absolute atomic E-state index is 3.47. The van der Waals surface area contributed by atoms with Crippen molar-refractivity contribution in [3.63, 3.8) is 0 Å². The maximum atomic E-state index is 3.47. The van der Waals surface area contributed by atoms with Crippen LogP contribution >= 0.6 is 15.9 Å². The second-order valence-electron chi connectivity index (χ2n) is 5.05. The Bertz CT molecular complexity index is 296. The monoisotopic (exact) mass is 315 g/mol. The van der Waals surface area contributed by atoms with Gasteiger partial charge in [0.05, 0.1) is 13.1 Å². The van der Waals surface area contributed by atoms with E-state index in [1.165, 1.54) is 57.9 Å². The number of alkyl halides is 1. The molecule has 0 saturated carbocycles. The van der Waals surface area contributed by atoms with Gasteiger partial charge in [0.15, 0.2) is 0 Å². The van der Waals surface area contributed by atoms with Gasteiger partial charge in [-0.15, -0.1) is 0 Å². The van der Waals surface area contributed by atoms with Crippen LogP contribution in [0.5, 0.6) is 0 Å². The number of rotatable bonds is 11. The molecule has 0 amide bonds. The average Bonchev–Trinajstić information content (AvgIpc) is 2.82. The van der Waals surface area contributed by atoms with Crippen molar-refractivity contribution in [2.75, 3.05) is 5.33 Å². The van der Waals surface area contributed by atoms with Crippen molar-refractivity contribution in [1.29, 1.82) is 0 Å².